The third-order valence-corrected chi connectivity index (χ3v) is 6.21. The van der Waals surface area contributed by atoms with Gasteiger partial charge in [0.2, 0.25) is 5.91 Å². The summed E-state index contributed by atoms with van der Waals surface area (Å²) < 4.78 is 15.2. The number of halogens is 1. The number of H-pyrrole nitrogens is 2. The summed E-state index contributed by atoms with van der Waals surface area (Å²) in [4.78, 5) is 46.6. The van der Waals surface area contributed by atoms with Gasteiger partial charge >= 0.3 is 6.09 Å². The van der Waals surface area contributed by atoms with Gasteiger partial charge in [-0.2, -0.15) is 0 Å². The maximum Gasteiger partial charge on any atom is 0.405 e. The summed E-state index contributed by atoms with van der Waals surface area (Å²) in [5.41, 5.74) is 2.28. The van der Waals surface area contributed by atoms with Crippen molar-refractivity contribution in [2.45, 2.75) is 12.0 Å². The number of pyridine rings is 1. The number of aromatic amines is 2. The van der Waals surface area contributed by atoms with Gasteiger partial charge in [0.05, 0.1) is 6.33 Å². The van der Waals surface area contributed by atoms with Gasteiger partial charge in [-0.05, 0) is 29.3 Å². The minimum atomic E-state index is -1.37. The predicted molar refractivity (Wildman–Crippen MR) is 140 cm³/mol. The molecule has 190 valence electrons. The summed E-state index contributed by atoms with van der Waals surface area (Å²) in [6.45, 7) is 0. The molecule has 2 heterocycles. The fourth-order valence-electron chi connectivity index (χ4n) is 4.52. The number of benzene rings is 3. The van der Waals surface area contributed by atoms with E-state index in [0.29, 0.717) is 11.1 Å². The molecule has 5 aromatic rings. The Bertz CT molecular complexity index is 1630. The molecule has 0 aliphatic heterocycles. The Labute approximate surface area is 215 Å². The maximum atomic E-state index is 15.2. The molecule has 1 atom stereocenters. The zero-order valence-electron chi connectivity index (χ0n) is 19.8. The zero-order chi connectivity index (χ0) is 26.6. The van der Waals surface area contributed by atoms with Crippen LogP contribution in [0, 0.1) is 5.82 Å². The molecule has 38 heavy (non-hydrogen) atoms. The number of carbonyl (C=O) groups excluding carboxylic acids is 1. The summed E-state index contributed by atoms with van der Waals surface area (Å²) in [6, 6.07) is 21.0. The van der Waals surface area contributed by atoms with Crippen molar-refractivity contribution < 1.29 is 19.1 Å². The molecule has 5 N–H and O–H groups in total. The molecule has 5 rings (SSSR count). The number of carboxylic acid groups (broad SMARTS) is 1. The summed E-state index contributed by atoms with van der Waals surface area (Å²) >= 11 is 0. The molecular formula is C28H22FN5O4. The Morgan fingerprint density at radius 3 is 2.16 bits per heavy atom. The monoisotopic (exact) mass is 511 g/mol. The highest BCUT2D eigenvalue weighted by Crippen LogP contribution is 2.31. The second kappa shape index (κ2) is 10.4. The number of hydrogen-bond acceptors (Lipinski definition) is 4. The SMILES string of the molecule is O=C(O)NC(C(=O)Nc1ccc(-c2c[nH]c(=O)c3[nH]cnc23)c(F)c1)C(c1ccccc1)c1ccccc1. The van der Waals surface area contributed by atoms with Crippen molar-refractivity contribution in [3.63, 3.8) is 0 Å². The Balaban J connectivity index is 1.48. The number of nitrogens with zero attached hydrogens (tertiary/aromatic N) is 1. The molecule has 0 aliphatic carbocycles. The quantitative estimate of drug-likeness (QED) is 0.219. The first-order valence-corrected chi connectivity index (χ1v) is 11.7. The Morgan fingerprint density at radius 2 is 1.55 bits per heavy atom. The Morgan fingerprint density at radius 1 is 0.895 bits per heavy atom. The van der Waals surface area contributed by atoms with E-state index >= 15 is 4.39 Å². The van der Waals surface area contributed by atoms with Crippen LogP contribution in [0.3, 0.4) is 0 Å². The summed E-state index contributed by atoms with van der Waals surface area (Å²) in [6.07, 6.45) is 1.35. The lowest BCUT2D eigenvalue weighted by Crippen LogP contribution is -2.47. The molecule has 0 bridgehead atoms. The number of fused-ring (bicyclic) bond motifs is 1. The summed E-state index contributed by atoms with van der Waals surface area (Å²) in [7, 11) is 0. The summed E-state index contributed by atoms with van der Waals surface area (Å²) in [5, 5.41) is 14.5. The van der Waals surface area contributed by atoms with Crippen molar-refractivity contribution in [3.8, 4) is 11.1 Å². The first-order valence-electron chi connectivity index (χ1n) is 11.7. The largest absolute Gasteiger partial charge is 0.465 e. The molecule has 0 saturated carbocycles. The van der Waals surface area contributed by atoms with Crippen LogP contribution in [0.4, 0.5) is 14.9 Å². The molecule has 9 nitrogen and oxygen atoms in total. The smallest absolute Gasteiger partial charge is 0.405 e. The lowest BCUT2D eigenvalue weighted by atomic mass is 9.84. The van der Waals surface area contributed by atoms with Crippen LogP contribution in [0.1, 0.15) is 17.0 Å². The average molecular weight is 512 g/mol. The van der Waals surface area contributed by atoms with Gasteiger partial charge in [-0.25, -0.2) is 14.2 Å². The molecule has 2 aromatic heterocycles. The number of carbonyl (C=O) groups is 2. The van der Waals surface area contributed by atoms with Crippen LogP contribution in [0.2, 0.25) is 0 Å². The molecular weight excluding hydrogens is 489 g/mol. The number of anilines is 1. The van der Waals surface area contributed by atoms with E-state index < -0.39 is 29.8 Å². The first kappa shape index (κ1) is 24.4. The van der Waals surface area contributed by atoms with Crippen LogP contribution in [0.25, 0.3) is 22.2 Å². The van der Waals surface area contributed by atoms with Crippen LogP contribution in [0.15, 0.2) is 96.2 Å². The third kappa shape index (κ3) is 4.87. The van der Waals surface area contributed by atoms with Crippen LogP contribution in [-0.4, -0.2) is 38.1 Å². The number of rotatable bonds is 7. The van der Waals surface area contributed by atoms with Crippen molar-refractivity contribution in [2.24, 2.45) is 0 Å². The average Bonchev–Trinajstić information content (AvgIpc) is 3.41. The van der Waals surface area contributed by atoms with E-state index in [1.54, 1.807) is 0 Å². The van der Waals surface area contributed by atoms with Gasteiger partial charge in [-0.1, -0.05) is 60.7 Å². The second-order valence-electron chi connectivity index (χ2n) is 8.57. The van der Waals surface area contributed by atoms with Crippen molar-refractivity contribution in [1.82, 2.24) is 20.3 Å². The van der Waals surface area contributed by atoms with Crippen molar-refractivity contribution >= 4 is 28.7 Å². The highest BCUT2D eigenvalue weighted by molar-refractivity contribution is 5.98. The van der Waals surface area contributed by atoms with E-state index in [0.717, 1.165) is 17.2 Å². The maximum absolute atomic E-state index is 15.2. The topological polar surface area (TPSA) is 140 Å². The van der Waals surface area contributed by atoms with Gasteiger partial charge < -0.3 is 25.7 Å². The third-order valence-electron chi connectivity index (χ3n) is 6.21. The van der Waals surface area contributed by atoms with Gasteiger partial charge in [0.1, 0.15) is 22.9 Å². The molecule has 2 amide bonds. The highest BCUT2D eigenvalue weighted by atomic mass is 19.1. The minimum absolute atomic E-state index is 0.135. The van der Waals surface area contributed by atoms with Crippen molar-refractivity contribution in [3.05, 3.63) is 119 Å². The van der Waals surface area contributed by atoms with E-state index in [-0.39, 0.29) is 22.3 Å². The van der Waals surface area contributed by atoms with Gasteiger partial charge in [0.15, 0.2) is 0 Å². The van der Waals surface area contributed by atoms with Gasteiger partial charge in [-0.15, -0.1) is 0 Å². The second-order valence-corrected chi connectivity index (χ2v) is 8.57. The number of imidazole rings is 1. The van der Waals surface area contributed by atoms with E-state index in [1.807, 2.05) is 60.7 Å². The number of nitrogens with one attached hydrogen (secondary N) is 4. The lowest BCUT2D eigenvalue weighted by Gasteiger charge is -2.27. The van der Waals surface area contributed by atoms with Gasteiger partial charge in [-0.3, -0.25) is 9.59 Å². The predicted octanol–water partition coefficient (Wildman–Crippen LogP) is 4.46. The zero-order valence-corrected chi connectivity index (χ0v) is 19.8. The number of aromatic nitrogens is 3. The molecule has 10 heteroatoms. The van der Waals surface area contributed by atoms with Crippen LogP contribution < -0.4 is 16.2 Å². The van der Waals surface area contributed by atoms with Gasteiger partial charge in [0, 0.05) is 28.9 Å². The lowest BCUT2D eigenvalue weighted by molar-refractivity contribution is -0.118. The van der Waals surface area contributed by atoms with E-state index in [1.165, 1.54) is 24.7 Å². The normalized spacial score (nSPS) is 11.8. The highest BCUT2D eigenvalue weighted by Gasteiger charge is 2.32. The van der Waals surface area contributed by atoms with Crippen LogP contribution in [-0.2, 0) is 4.79 Å². The van der Waals surface area contributed by atoms with E-state index in [4.69, 9.17) is 0 Å². The van der Waals surface area contributed by atoms with Crippen LogP contribution >= 0.6 is 0 Å². The van der Waals surface area contributed by atoms with E-state index in [9.17, 15) is 19.5 Å². The Kier molecular flexibility index (Phi) is 6.68. The standard InChI is InChI=1S/C28H22FN5O4/c29-21-13-18(11-12-19(21)20-14-30-26(35)25-23(20)31-15-32-25)33-27(36)24(34-28(37)38)22(16-7-3-1-4-8-16)17-9-5-2-6-10-17/h1-15,22,24,34H,(H,30,35)(H,31,32)(H,33,36)(H,37,38). The Hall–Kier alpha value is -5.25. The van der Waals surface area contributed by atoms with Gasteiger partial charge in [0.25, 0.3) is 5.56 Å². The van der Waals surface area contributed by atoms with Crippen molar-refractivity contribution in [2.75, 3.05) is 5.32 Å². The number of amides is 2. The summed E-state index contributed by atoms with van der Waals surface area (Å²) in [5.74, 6) is -1.97. The fourth-order valence-corrected chi connectivity index (χ4v) is 4.52. The fraction of sp³-hybridized carbons (Fsp3) is 0.0714. The number of hydrogen-bond donors (Lipinski definition) is 5. The molecule has 0 radical (unpaired) electrons. The molecule has 0 spiro atoms. The molecule has 1 unspecified atom stereocenters. The van der Waals surface area contributed by atoms with Crippen LogP contribution in [0.5, 0.6) is 0 Å². The molecule has 0 fully saturated rings. The minimum Gasteiger partial charge on any atom is -0.465 e. The van der Waals surface area contributed by atoms with E-state index in [2.05, 4.69) is 25.6 Å². The van der Waals surface area contributed by atoms with Crippen molar-refractivity contribution in [1.29, 1.82) is 0 Å². The first-order chi connectivity index (χ1) is 18.4. The molecule has 0 saturated heterocycles. The molecule has 3 aromatic carbocycles. The molecule has 0 aliphatic rings.